The van der Waals surface area contributed by atoms with Crippen LogP contribution in [-0.2, 0) is 0 Å². The van der Waals surface area contributed by atoms with Crippen molar-refractivity contribution in [2.45, 2.75) is 78.4 Å². The lowest BCUT2D eigenvalue weighted by Crippen LogP contribution is -2.51. The highest BCUT2D eigenvalue weighted by atomic mass is 127. The molecular formula is C27H39IN4Si. The molecular weight excluding hydrogens is 535 g/mol. The molecule has 0 aliphatic carbocycles. The highest BCUT2D eigenvalue weighted by molar-refractivity contribution is 14.1. The van der Waals surface area contributed by atoms with Gasteiger partial charge < -0.3 is 9.13 Å². The van der Waals surface area contributed by atoms with Crippen LogP contribution in [0.2, 0.25) is 16.6 Å². The molecule has 1 aromatic carbocycles. The Hall–Kier alpha value is -1.41. The van der Waals surface area contributed by atoms with E-state index in [1.807, 2.05) is 6.20 Å². The first-order valence-electron chi connectivity index (χ1n) is 12.4. The minimum Gasteiger partial charge on any atom is -0.371 e. The molecule has 0 bridgehead atoms. The second-order valence-electron chi connectivity index (χ2n) is 11.5. The summed E-state index contributed by atoms with van der Waals surface area (Å²) >= 11 is 2.46. The van der Waals surface area contributed by atoms with E-state index in [0.717, 1.165) is 35.5 Å². The zero-order valence-corrected chi connectivity index (χ0v) is 24.6. The number of nitrogens with zero attached hydrogens (tertiary/aromatic N) is 4. The first-order valence-corrected chi connectivity index (χ1v) is 15.6. The number of halogens is 1. The van der Waals surface area contributed by atoms with Gasteiger partial charge in [-0.3, -0.25) is 0 Å². The van der Waals surface area contributed by atoms with Crippen LogP contribution in [0.25, 0.3) is 22.4 Å². The quantitative estimate of drug-likeness (QED) is 0.221. The minimum atomic E-state index is -1.88. The normalized spacial score (nSPS) is 16.7. The largest absolute Gasteiger partial charge is 0.371 e. The number of fused-ring (bicyclic) bond motifs is 1. The van der Waals surface area contributed by atoms with Gasteiger partial charge in [0.25, 0.3) is 0 Å². The average Bonchev–Trinajstić information content (AvgIpc) is 3.27. The molecule has 1 aliphatic heterocycles. The highest BCUT2D eigenvalue weighted by Gasteiger charge is 2.46. The van der Waals surface area contributed by atoms with E-state index in [1.54, 1.807) is 0 Å². The van der Waals surface area contributed by atoms with E-state index in [4.69, 9.17) is 9.97 Å². The van der Waals surface area contributed by atoms with Crippen LogP contribution >= 0.6 is 22.6 Å². The lowest BCUT2D eigenvalue weighted by Gasteiger charge is -2.44. The molecule has 0 N–H and O–H groups in total. The van der Waals surface area contributed by atoms with Crippen molar-refractivity contribution >= 4 is 47.7 Å². The summed E-state index contributed by atoms with van der Waals surface area (Å²) < 4.78 is 3.78. The summed E-state index contributed by atoms with van der Waals surface area (Å²) in [5.74, 6) is 0. The molecule has 1 fully saturated rings. The van der Waals surface area contributed by atoms with Crippen LogP contribution in [0.15, 0.2) is 36.7 Å². The van der Waals surface area contributed by atoms with Crippen LogP contribution in [0.1, 0.15) is 61.8 Å². The Morgan fingerprint density at radius 1 is 1.03 bits per heavy atom. The van der Waals surface area contributed by atoms with Gasteiger partial charge >= 0.3 is 0 Å². The number of hydrogen-bond acceptors (Lipinski definition) is 3. The summed E-state index contributed by atoms with van der Waals surface area (Å²) in [7, 11) is -1.88. The maximum atomic E-state index is 5.17. The van der Waals surface area contributed by atoms with Gasteiger partial charge in [0.2, 0.25) is 0 Å². The van der Waals surface area contributed by atoms with E-state index < -0.39 is 8.24 Å². The van der Waals surface area contributed by atoms with Crippen molar-refractivity contribution in [3.63, 3.8) is 0 Å². The Morgan fingerprint density at radius 2 is 1.70 bits per heavy atom. The molecule has 1 saturated heterocycles. The topological polar surface area (TPSA) is 34.0 Å². The van der Waals surface area contributed by atoms with Gasteiger partial charge in [0.05, 0.1) is 15.5 Å². The standard InChI is InChI=1S/C27H39IN4Si/c1-18(2)33(19(3)4,20(5)6)32-16-23(28)25-26(32)29-15-24(30-25)21-10-9-11-22(14-21)31-13-12-27(7,8)17-31/h9-11,14-16,18-20H,12-13,17H2,1-8H3. The lowest BCUT2D eigenvalue weighted by molar-refractivity contribution is 0.418. The lowest BCUT2D eigenvalue weighted by atomic mass is 9.93. The van der Waals surface area contributed by atoms with Crippen LogP contribution in [-0.4, -0.2) is 35.5 Å². The molecule has 0 unspecified atom stereocenters. The second-order valence-corrected chi connectivity index (χ2v) is 18.4. The van der Waals surface area contributed by atoms with E-state index in [-0.39, 0.29) is 0 Å². The Kier molecular flexibility index (Phi) is 6.73. The maximum absolute atomic E-state index is 5.17. The van der Waals surface area contributed by atoms with Gasteiger partial charge in [0, 0.05) is 30.5 Å². The molecule has 178 valence electrons. The molecule has 1 aliphatic rings. The molecule has 0 spiro atoms. The zero-order chi connectivity index (χ0) is 24.1. The van der Waals surface area contributed by atoms with E-state index >= 15 is 0 Å². The third-order valence-electron chi connectivity index (χ3n) is 7.83. The second kappa shape index (κ2) is 8.99. The molecule has 0 amide bonds. The van der Waals surface area contributed by atoms with Gasteiger partial charge in [-0.1, -0.05) is 67.5 Å². The number of aromatic nitrogens is 3. The molecule has 4 rings (SSSR count). The summed E-state index contributed by atoms with van der Waals surface area (Å²) in [6.07, 6.45) is 5.56. The Bertz CT molecular complexity index is 1130. The summed E-state index contributed by atoms with van der Waals surface area (Å²) in [5, 5.41) is 0. The summed E-state index contributed by atoms with van der Waals surface area (Å²) in [6, 6.07) is 8.84. The molecule has 0 saturated carbocycles. The predicted octanol–water partition coefficient (Wildman–Crippen LogP) is 7.96. The van der Waals surface area contributed by atoms with Crippen LogP contribution < -0.4 is 4.90 Å². The first-order chi connectivity index (χ1) is 15.5. The van der Waals surface area contributed by atoms with Crippen molar-refractivity contribution in [1.29, 1.82) is 0 Å². The molecule has 0 atom stereocenters. The number of hydrogen-bond donors (Lipinski definition) is 0. The summed E-state index contributed by atoms with van der Waals surface area (Å²) in [6.45, 7) is 21.3. The molecule has 3 heterocycles. The van der Waals surface area contributed by atoms with Crippen LogP contribution in [0.4, 0.5) is 5.69 Å². The Labute approximate surface area is 214 Å². The van der Waals surface area contributed by atoms with Gasteiger partial charge in [-0.05, 0) is 63.2 Å². The molecule has 33 heavy (non-hydrogen) atoms. The highest BCUT2D eigenvalue weighted by Crippen LogP contribution is 2.44. The van der Waals surface area contributed by atoms with Gasteiger partial charge in [-0.2, -0.15) is 0 Å². The first kappa shape index (κ1) is 24.7. The number of benzene rings is 1. The van der Waals surface area contributed by atoms with E-state index in [0.29, 0.717) is 22.0 Å². The van der Waals surface area contributed by atoms with Crippen molar-refractivity contribution in [2.24, 2.45) is 5.41 Å². The molecule has 2 aromatic heterocycles. The van der Waals surface area contributed by atoms with E-state index in [1.165, 1.54) is 15.7 Å². The van der Waals surface area contributed by atoms with Gasteiger partial charge in [-0.15, -0.1) is 0 Å². The Balaban J connectivity index is 1.78. The molecule has 4 nitrogen and oxygen atoms in total. The minimum absolute atomic E-state index is 0.382. The van der Waals surface area contributed by atoms with Crippen LogP contribution in [0.3, 0.4) is 0 Å². The molecule has 0 radical (unpaired) electrons. The monoisotopic (exact) mass is 574 g/mol. The van der Waals surface area contributed by atoms with Gasteiger partial charge in [0.15, 0.2) is 13.9 Å². The third kappa shape index (κ3) is 4.26. The summed E-state index contributed by atoms with van der Waals surface area (Å²) in [4.78, 5) is 12.7. The summed E-state index contributed by atoms with van der Waals surface area (Å²) in [5.41, 5.74) is 7.74. The fourth-order valence-electron chi connectivity index (χ4n) is 6.42. The SMILES string of the molecule is CC(C)[Si](C(C)C)(C(C)C)n1cc(I)c2nc(-c3cccc(N4CCC(C)(C)C4)c3)cnc21. The van der Waals surface area contributed by atoms with Crippen molar-refractivity contribution in [3.8, 4) is 11.3 Å². The van der Waals surface area contributed by atoms with Gasteiger partial charge in [0.1, 0.15) is 5.52 Å². The fourth-order valence-corrected chi connectivity index (χ4v) is 13.9. The number of anilines is 1. The van der Waals surface area contributed by atoms with E-state index in [2.05, 4.69) is 118 Å². The van der Waals surface area contributed by atoms with Crippen molar-refractivity contribution in [1.82, 2.24) is 14.2 Å². The maximum Gasteiger partial charge on any atom is 0.171 e. The third-order valence-corrected chi connectivity index (χ3v) is 15.3. The molecule has 3 aromatic rings. The number of rotatable bonds is 6. The average molecular weight is 575 g/mol. The fraction of sp³-hybridized carbons (Fsp3) is 0.556. The van der Waals surface area contributed by atoms with Crippen LogP contribution in [0, 0.1) is 8.99 Å². The van der Waals surface area contributed by atoms with Crippen molar-refractivity contribution < 1.29 is 0 Å². The molecule has 6 heteroatoms. The zero-order valence-electron chi connectivity index (χ0n) is 21.5. The van der Waals surface area contributed by atoms with E-state index in [9.17, 15) is 0 Å². The van der Waals surface area contributed by atoms with Gasteiger partial charge in [-0.25, -0.2) is 9.97 Å². The predicted molar refractivity (Wildman–Crippen MR) is 153 cm³/mol. The smallest absolute Gasteiger partial charge is 0.171 e. The van der Waals surface area contributed by atoms with Crippen molar-refractivity contribution in [3.05, 3.63) is 40.2 Å². The van der Waals surface area contributed by atoms with Crippen molar-refractivity contribution in [2.75, 3.05) is 18.0 Å². The Morgan fingerprint density at radius 3 is 2.27 bits per heavy atom. The van der Waals surface area contributed by atoms with Crippen LogP contribution in [0.5, 0.6) is 0 Å².